The van der Waals surface area contributed by atoms with Gasteiger partial charge in [-0.25, -0.2) is 0 Å². The van der Waals surface area contributed by atoms with Crippen molar-refractivity contribution in [2.75, 3.05) is 11.9 Å². The summed E-state index contributed by atoms with van der Waals surface area (Å²) in [5, 5.41) is 6.99. The van der Waals surface area contributed by atoms with Gasteiger partial charge in [0.25, 0.3) is 5.91 Å². The summed E-state index contributed by atoms with van der Waals surface area (Å²) in [6.07, 6.45) is 1.76. The molecule has 3 rings (SSSR count). The van der Waals surface area contributed by atoms with Crippen molar-refractivity contribution in [1.29, 1.82) is 0 Å². The van der Waals surface area contributed by atoms with E-state index in [1.165, 1.54) is 18.2 Å². The SMILES string of the molecule is CCOc1cc(C(=O)Nc2ccn(Cc3ccccc3)n2)ccc1OC(F)F. The molecule has 0 saturated heterocycles. The highest BCUT2D eigenvalue weighted by molar-refractivity contribution is 6.04. The van der Waals surface area contributed by atoms with Gasteiger partial charge in [-0.1, -0.05) is 30.3 Å². The minimum Gasteiger partial charge on any atom is -0.490 e. The number of nitrogens with zero attached hydrogens (tertiary/aromatic N) is 2. The van der Waals surface area contributed by atoms with Crippen LogP contribution in [0.2, 0.25) is 0 Å². The lowest BCUT2D eigenvalue weighted by Gasteiger charge is -2.12. The lowest BCUT2D eigenvalue weighted by molar-refractivity contribution is -0.0514. The van der Waals surface area contributed by atoms with Crippen LogP contribution >= 0.6 is 0 Å². The van der Waals surface area contributed by atoms with Gasteiger partial charge in [0.1, 0.15) is 0 Å². The molecular weight excluding hydrogens is 368 g/mol. The molecule has 28 heavy (non-hydrogen) atoms. The van der Waals surface area contributed by atoms with Crippen LogP contribution < -0.4 is 14.8 Å². The summed E-state index contributed by atoms with van der Waals surface area (Å²) in [7, 11) is 0. The zero-order valence-corrected chi connectivity index (χ0v) is 15.1. The van der Waals surface area contributed by atoms with Crippen molar-refractivity contribution in [2.24, 2.45) is 0 Å². The standard InChI is InChI=1S/C20H19F2N3O3/c1-2-27-17-12-15(8-9-16(17)28-20(21)22)19(26)23-18-10-11-25(24-18)13-14-6-4-3-5-7-14/h3-12,20H,2,13H2,1H3,(H,23,24,26). The topological polar surface area (TPSA) is 65.4 Å². The fourth-order valence-corrected chi connectivity index (χ4v) is 2.59. The van der Waals surface area contributed by atoms with E-state index in [1.54, 1.807) is 23.9 Å². The van der Waals surface area contributed by atoms with Crippen molar-refractivity contribution in [3.05, 3.63) is 71.9 Å². The van der Waals surface area contributed by atoms with Crippen LogP contribution in [0, 0.1) is 0 Å². The number of rotatable bonds is 8. The number of hydrogen-bond acceptors (Lipinski definition) is 4. The summed E-state index contributed by atoms with van der Waals surface area (Å²) >= 11 is 0. The monoisotopic (exact) mass is 387 g/mol. The molecule has 1 aromatic heterocycles. The first-order chi connectivity index (χ1) is 13.5. The minimum absolute atomic E-state index is 0.0741. The number of hydrogen-bond donors (Lipinski definition) is 1. The predicted molar refractivity (Wildman–Crippen MR) is 100.0 cm³/mol. The van der Waals surface area contributed by atoms with Crippen molar-refractivity contribution in [3.8, 4) is 11.5 Å². The number of amides is 1. The van der Waals surface area contributed by atoms with E-state index in [9.17, 15) is 13.6 Å². The molecule has 0 fully saturated rings. The first kappa shape index (κ1) is 19.3. The predicted octanol–water partition coefficient (Wildman–Crippen LogP) is 4.18. The maximum atomic E-state index is 12.5. The third-order valence-corrected chi connectivity index (χ3v) is 3.79. The molecule has 1 amide bonds. The Morgan fingerprint density at radius 3 is 2.64 bits per heavy atom. The van der Waals surface area contributed by atoms with E-state index in [0.29, 0.717) is 12.4 Å². The van der Waals surface area contributed by atoms with Crippen LogP contribution in [0.25, 0.3) is 0 Å². The van der Waals surface area contributed by atoms with Crippen LogP contribution in [0.3, 0.4) is 0 Å². The molecule has 8 heteroatoms. The third-order valence-electron chi connectivity index (χ3n) is 3.79. The van der Waals surface area contributed by atoms with Gasteiger partial charge in [-0.05, 0) is 30.7 Å². The molecule has 0 saturated carbocycles. The Balaban J connectivity index is 1.70. The van der Waals surface area contributed by atoms with Crippen molar-refractivity contribution < 1.29 is 23.0 Å². The van der Waals surface area contributed by atoms with Gasteiger partial charge >= 0.3 is 6.61 Å². The molecule has 6 nitrogen and oxygen atoms in total. The Bertz CT molecular complexity index is 929. The fraction of sp³-hybridized carbons (Fsp3) is 0.200. The summed E-state index contributed by atoms with van der Waals surface area (Å²) in [6.45, 7) is -0.454. The zero-order valence-electron chi connectivity index (χ0n) is 15.1. The first-order valence-electron chi connectivity index (χ1n) is 8.65. The highest BCUT2D eigenvalue weighted by atomic mass is 19.3. The van der Waals surface area contributed by atoms with E-state index in [-0.39, 0.29) is 23.7 Å². The molecular formula is C20H19F2N3O3. The maximum Gasteiger partial charge on any atom is 0.387 e. The summed E-state index contributed by atoms with van der Waals surface area (Å²) in [4.78, 5) is 12.5. The molecule has 0 spiro atoms. The number of nitrogens with one attached hydrogen (secondary N) is 1. The fourth-order valence-electron chi connectivity index (χ4n) is 2.59. The Hall–Kier alpha value is -3.42. The lowest BCUT2D eigenvalue weighted by Crippen LogP contribution is -2.13. The van der Waals surface area contributed by atoms with Gasteiger partial charge < -0.3 is 14.8 Å². The van der Waals surface area contributed by atoms with E-state index in [0.717, 1.165) is 5.56 Å². The molecule has 0 bridgehead atoms. The summed E-state index contributed by atoms with van der Waals surface area (Å²) < 4.78 is 36.4. The molecule has 1 N–H and O–H groups in total. The highest BCUT2D eigenvalue weighted by Crippen LogP contribution is 2.30. The molecule has 0 aliphatic heterocycles. The number of benzene rings is 2. The van der Waals surface area contributed by atoms with Gasteiger partial charge in [0.15, 0.2) is 17.3 Å². The van der Waals surface area contributed by atoms with Crippen molar-refractivity contribution >= 4 is 11.7 Å². The summed E-state index contributed by atoms with van der Waals surface area (Å²) in [5.74, 6) is -0.105. The van der Waals surface area contributed by atoms with E-state index in [1.807, 2.05) is 30.3 Å². The second-order valence-corrected chi connectivity index (χ2v) is 5.81. The maximum absolute atomic E-state index is 12.5. The Morgan fingerprint density at radius 2 is 1.93 bits per heavy atom. The van der Waals surface area contributed by atoms with Crippen molar-refractivity contribution in [2.45, 2.75) is 20.1 Å². The lowest BCUT2D eigenvalue weighted by atomic mass is 10.2. The average Bonchev–Trinajstić information content (AvgIpc) is 3.10. The van der Waals surface area contributed by atoms with E-state index < -0.39 is 12.5 Å². The summed E-state index contributed by atoms with van der Waals surface area (Å²) in [6, 6.07) is 15.5. The Morgan fingerprint density at radius 1 is 1.14 bits per heavy atom. The molecule has 0 atom stereocenters. The van der Waals surface area contributed by atoms with Crippen molar-refractivity contribution in [3.63, 3.8) is 0 Å². The normalized spacial score (nSPS) is 10.7. The van der Waals surface area contributed by atoms with Crippen LogP contribution in [0.1, 0.15) is 22.8 Å². The van der Waals surface area contributed by atoms with E-state index in [2.05, 4.69) is 15.2 Å². The largest absolute Gasteiger partial charge is 0.490 e. The second kappa shape index (κ2) is 8.98. The van der Waals surface area contributed by atoms with Crippen molar-refractivity contribution in [1.82, 2.24) is 9.78 Å². The van der Waals surface area contributed by atoms with Crippen LogP contribution in [0.4, 0.5) is 14.6 Å². The number of anilines is 1. The zero-order chi connectivity index (χ0) is 19.9. The van der Waals surface area contributed by atoms with E-state index >= 15 is 0 Å². The van der Waals surface area contributed by atoms with Crippen LogP contribution in [-0.2, 0) is 6.54 Å². The number of carbonyl (C=O) groups is 1. The van der Waals surface area contributed by atoms with Crippen LogP contribution in [0.15, 0.2) is 60.8 Å². The molecule has 0 unspecified atom stereocenters. The van der Waals surface area contributed by atoms with Gasteiger partial charge in [0.2, 0.25) is 0 Å². The number of halogens is 2. The van der Waals surface area contributed by atoms with Crippen LogP contribution in [-0.4, -0.2) is 28.9 Å². The second-order valence-electron chi connectivity index (χ2n) is 5.81. The van der Waals surface area contributed by atoms with Gasteiger partial charge in [0.05, 0.1) is 13.2 Å². The van der Waals surface area contributed by atoms with Gasteiger partial charge in [0, 0.05) is 17.8 Å². The molecule has 0 radical (unpaired) electrons. The molecule has 3 aromatic rings. The Labute approximate surface area is 160 Å². The molecule has 0 aliphatic carbocycles. The average molecular weight is 387 g/mol. The quantitative estimate of drug-likeness (QED) is 0.630. The summed E-state index contributed by atoms with van der Waals surface area (Å²) in [5.41, 5.74) is 1.32. The number of ether oxygens (including phenoxy) is 2. The number of aromatic nitrogens is 2. The minimum atomic E-state index is -2.98. The smallest absolute Gasteiger partial charge is 0.387 e. The van der Waals surface area contributed by atoms with Gasteiger partial charge in [-0.2, -0.15) is 13.9 Å². The third kappa shape index (κ3) is 5.06. The van der Waals surface area contributed by atoms with Crippen LogP contribution in [0.5, 0.6) is 11.5 Å². The molecule has 1 heterocycles. The molecule has 146 valence electrons. The molecule has 0 aliphatic rings. The Kier molecular flexibility index (Phi) is 6.21. The van der Waals surface area contributed by atoms with E-state index in [4.69, 9.17) is 4.74 Å². The number of alkyl halides is 2. The molecule has 2 aromatic carbocycles. The van der Waals surface area contributed by atoms with Gasteiger partial charge in [-0.15, -0.1) is 0 Å². The number of carbonyl (C=O) groups excluding carboxylic acids is 1. The van der Waals surface area contributed by atoms with Gasteiger partial charge in [-0.3, -0.25) is 9.48 Å². The first-order valence-corrected chi connectivity index (χ1v) is 8.65. The highest BCUT2D eigenvalue weighted by Gasteiger charge is 2.15.